The van der Waals surface area contributed by atoms with E-state index in [1.54, 1.807) is 0 Å². The van der Waals surface area contributed by atoms with Crippen molar-refractivity contribution in [2.75, 3.05) is 0 Å². The highest BCUT2D eigenvalue weighted by Crippen LogP contribution is 2.22. The van der Waals surface area contributed by atoms with Gasteiger partial charge in [-0.2, -0.15) is 0 Å². The van der Waals surface area contributed by atoms with Crippen LogP contribution in [0.25, 0.3) is 6.08 Å². The van der Waals surface area contributed by atoms with Crippen molar-refractivity contribution in [2.45, 2.75) is 58.7 Å². The Hall–Kier alpha value is -1.97. The molecule has 0 aliphatic carbocycles. The van der Waals surface area contributed by atoms with Gasteiger partial charge in [-0.25, -0.2) is 0 Å². The van der Waals surface area contributed by atoms with E-state index in [2.05, 4.69) is 67.4 Å². The maximum atomic E-state index is 8.83. The molecule has 3 nitrogen and oxygen atoms in total. The lowest BCUT2D eigenvalue weighted by Crippen LogP contribution is -2.02. The normalized spacial score (nSPS) is 12.7. The van der Waals surface area contributed by atoms with Crippen molar-refractivity contribution in [1.29, 1.82) is 0 Å². The molecule has 0 spiro atoms. The van der Waals surface area contributed by atoms with Crippen molar-refractivity contribution in [3.63, 3.8) is 0 Å². The number of hydrogen-bond acceptors (Lipinski definition) is 3. The number of aliphatic imine (C=N–C) groups is 1. The predicted molar refractivity (Wildman–Crippen MR) is 108 cm³/mol. The minimum Gasteiger partial charge on any atom is -0.368 e. The molecule has 0 unspecified atom stereocenters. The molecule has 1 rings (SSSR count). The first kappa shape index (κ1) is 21.1. The fraction of sp³-hybridized carbons (Fsp3) is 0.409. The third kappa shape index (κ3) is 10.5. The number of hydrogen-bond donors (Lipinski definition) is 2. The molecule has 0 amide bonds. The molecule has 1 aromatic rings. The Labute approximate surface area is 152 Å². The van der Waals surface area contributed by atoms with Crippen molar-refractivity contribution in [3.8, 4) is 0 Å². The monoisotopic (exact) mass is 341 g/mol. The molecule has 0 radical (unpaired) electrons. The quantitative estimate of drug-likeness (QED) is 0.242. The molecule has 0 aliphatic rings. The average molecular weight is 341 g/mol. The van der Waals surface area contributed by atoms with Crippen LogP contribution in [0.3, 0.4) is 0 Å². The number of aliphatic hydroxyl groups excluding tert-OH is 1. The van der Waals surface area contributed by atoms with Crippen LogP contribution in [0.15, 0.2) is 53.6 Å². The third-order valence-corrected chi connectivity index (χ3v) is 3.65. The van der Waals surface area contributed by atoms with Crippen LogP contribution >= 0.6 is 0 Å². The van der Waals surface area contributed by atoms with Gasteiger partial charge in [0.15, 0.2) is 6.29 Å². The smallest absolute Gasteiger partial charge is 0.151 e. The summed E-state index contributed by atoms with van der Waals surface area (Å²) >= 11 is 0. The number of unbranched alkanes of at least 4 members (excludes halogenated alkanes) is 2. The summed E-state index contributed by atoms with van der Waals surface area (Å²) in [6.45, 7) is 4.20. The van der Waals surface area contributed by atoms with Crippen LogP contribution in [-0.4, -0.2) is 22.7 Å². The van der Waals surface area contributed by atoms with Crippen LogP contribution in [0.4, 0.5) is 5.69 Å². The van der Waals surface area contributed by atoms with Crippen molar-refractivity contribution >= 4 is 18.0 Å². The first-order chi connectivity index (χ1) is 12.1. The zero-order valence-electron chi connectivity index (χ0n) is 15.4. The molecule has 25 heavy (non-hydrogen) atoms. The van der Waals surface area contributed by atoms with Gasteiger partial charge in [0.05, 0.1) is 5.69 Å². The van der Waals surface area contributed by atoms with E-state index < -0.39 is 6.29 Å². The second-order valence-corrected chi connectivity index (χ2v) is 6.04. The summed E-state index contributed by atoms with van der Waals surface area (Å²) in [5.41, 5.74) is 3.31. The summed E-state index contributed by atoms with van der Waals surface area (Å²) in [6.07, 6.45) is 18.3. The molecule has 0 saturated heterocycles. The molecule has 136 valence electrons. The molecule has 2 N–H and O–H groups in total. The zero-order valence-corrected chi connectivity index (χ0v) is 15.4. The summed E-state index contributed by atoms with van der Waals surface area (Å²) < 4.78 is 0. The third-order valence-electron chi connectivity index (χ3n) is 3.65. The number of nitrogens with zero attached hydrogens (tertiary/aromatic N) is 1. The van der Waals surface area contributed by atoms with Crippen LogP contribution in [0, 0.1) is 6.92 Å². The summed E-state index contributed by atoms with van der Waals surface area (Å²) in [5, 5.41) is 17.7. The van der Waals surface area contributed by atoms with Crippen LogP contribution in [0.1, 0.15) is 56.6 Å². The molecule has 0 saturated carbocycles. The number of allylic oxidation sites excluding steroid dienone is 5. The van der Waals surface area contributed by atoms with Crippen molar-refractivity contribution in [3.05, 3.63) is 59.7 Å². The minimum absolute atomic E-state index is 0.439. The van der Waals surface area contributed by atoms with Gasteiger partial charge in [0, 0.05) is 18.2 Å². The molecule has 3 heteroatoms. The Kier molecular flexibility index (Phi) is 11.2. The SMILES string of the molecule is CC/C=C\C=C/CC=Nc1ccc(C)cc1/C=C/CCCCC(O)O. The lowest BCUT2D eigenvalue weighted by Gasteiger charge is -2.03. The fourth-order valence-electron chi connectivity index (χ4n) is 2.31. The first-order valence-corrected chi connectivity index (χ1v) is 9.11. The highest BCUT2D eigenvalue weighted by molar-refractivity contribution is 5.71. The van der Waals surface area contributed by atoms with E-state index >= 15 is 0 Å². The number of rotatable bonds is 11. The molecular formula is C22H31NO2. The Bertz CT molecular complexity index is 598. The molecule has 1 aromatic carbocycles. The van der Waals surface area contributed by atoms with Crippen LogP contribution in [-0.2, 0) is 0 Å². The van der Waals surface area contributed by atoms with E-state index in [9.17, 15) is 0 Å². The van der Waals surface area contributed by atoms with Crippen LogP contribution in [0.2, 0.25) is 0 Å². The summed E-state index contributed by atoms with van der Waals surface area (Å²) in [5.74, 6) is 0. The number of aliphatic hydroxyl groups is 2. The lowest BCUT2D eigenvalue weighted by molar-refractivity contribution is -0.0464. The van der Waals surface area contributed by atoms with Gasteiger partial charge < -0.3 is 10.2 Å². The highest BCUT2D eigenvalue weighted by atomic mass is 16.5. The predicted octanol–water partition coefficient (Wildman–Crippen LogP) is 5.49. The van der Waals surface area contributed by atoms with Crippen molar-refractivity contribution in [2.24, 2.45) is 4.99 Å². The Morgan fingerprint density at radius 2 is 1.88 bits per heavy atom. The molecule has 0 aliphatic heterocycles. The minimum atomic E-state index is -1.19. The van der Waals surface area contributed by atoms with Gasteiger partial charge in [-0.05, 0) is 51.2 Å². The average Bonchev–Trinajstić information content (AvgIpc) is 2.58. The molecule has 0 fully saturated rings. The fourth-order valence-corrected chi connectivity index (χ4v) is 2.31. The standard InChI is InChI=1S/C22H31NO2/c1-3-4-5-6-9-12-17-23-21-16-15-19(2)18-20(21)13-10-7-8-11-14-22(24)25/h4-6,9-10,13,15-18,22,24-25H,3,7-8,11-12,14H2,1-2H3/b5-4-,9-6-,13-10+,23-17?. The van der Waals surface area contributed by atoms with Gasteiger partial charge in [-0.1, -0.05) is 55.0 Å². The van der Waals surface area contributed by atoms with Gasteiger partial charge in [0.1, 0.15) is 0 Å². The van der Waals surface area contributed by atoms with Gasteiger partial charge in [0.2, 0.25) is 0 Å². The molecule has 0 atom stereocenters. The van der Waals surface area contributed by atoms with E-state index in [1.807, 2.05) is 12.3 Å². The van der Waals surface area contributed by atoms with E-state index in [1.165, 1.54) is 5.56 Å². The maximum Gasteiger partial charge on any atom is 0.151 e. The van der Waals surface area contributed by atoms with Crippen molar-refractivity contribution in [1.82, 2.24) is 0 Å². The van der Waals surface area contributed by atoms with Crippen LogP contribution in [0.5, 0.6) is 0 Å². The summed E-state index contributed by atoms with van der Waals surface area (Å²) in [7, 11) is 0. The number of benzene rings is 1. The second kappa shape index (κ2) is 13.3. The van der Waals surface area contributed by atoms with Crippen LogP contribution < -0.4 is 0 Å². The lowest BCUT2D eigenvalue weighted by atomic mass is 10.1. The largest absolute Gasteiger partial charge is 0.368 e. The second-order valence-electron chi connectivity index (χ2n) is 6.04. The van der Waals surface area contributed by atoms with E-state index in [0.717, 1.165) is 43.4 Å². The van der Waals surface area contributed by atoms with E-state index in [-0.39, 0.29) is 0 Å². The summed E-state index contributed by atoms with van der Waals surface area (Å²) in [6, 6.07) is 6.27. The van der Waals surface area contributed by atoms with E-state index in [0.29, 0.717) is 6.42 Å². The van der Waals surface area contributed by atoms with Gasteiger partial charge in [-0.3, -0.25) is 4.99 Å². The van der Waals surface area contributed by atoms with E-state index in [4.69, 9.17) is 10.2 Å². The molecular weight excluding hydrogens is 310 g/mol. The Morgan fingerprint density at radius 1 is 1.08 bits per heavy atom. The van der Waals surface area contributed by atoms with Gasteiger partial charge >= 0.3 is 0 Å². The Balaban J connectivity index is 2.56. The van der Waals surface area contributed by atoms with Crippen molar-refractivity contribution < 1.29 is 10.2 Å². The zero-order chi connectivity index (χ0) is 18.3. The molecule has 0 heterocycles. The van der Waals surface area contributed by atoms with Gasteiger partial charge in [-0.15, -0.1) is 0 Å². The van der Waals surface area contributed by atoms with Gasteiger partial charge in [0.25, 0.3) is 0 Å². The molecule has 0 bridgehead atoms. The maximum absolute atomic E-state index is 8.83. The summed E-state index contributed by atoms with van der Waals surface area (Å²) in [4.78, 5) is 4.59. The first-order valence-electron chi connectivity index (χ1n) is 9.11. The number of aryl methyl sites for hydroxylation is 1. The highest BCUT2D eigenvalue weighted by Gasteiger charge is 1.98. The Morgan fingerprint density at radius 3 is 2.64 bits per heavy atom. The molecule has 0 aromatic heterocycles. The topological polar surface area (TPSA) is 52.8 Å².